The Hall–Kier alpha value is -0.770. The van der Waals surface area contributed by atoms with Crippen molar-refractivity contribution in [2.45, 2.75) is 0 Å². The molecule has 0 spiro atoms. The maximum Gasteiger partial charge on any atom is 0.277 e. The first-order valence-corrected chi connectivity index (χ1v) is 1.41. The fourth-order valence-electron chi connectivity index (χ4n) is 0.0456. The van der Waals surface area contributed by atoms with Crippen molar-refractivity contribution in [2.24, 2.45) is 10.8 Å². The van der Waals surface area contributed by atoms with E-state index >= 15 is 0 Å². The van der Waals surface area contributed by atoms with E-state index < -0.39 is 5.91 Å². The van der Waals surface area contributed by atoms with E-state index in [1.54, 1.807) is 0 Å². The van der Waals surface area contributed by atoms with Crippen molar-refractivity contribution in [2.75, 3.05) is 6.54 Å². The minimum Gasteiger partial charge on any atom is -0.322 e. The molecule has 0 aliphatic heterocycles. The fourth-order valence-corrected chi connectivity index (χ4v) is 0.0456. The first-order chi connectivity index (χ1) is 2.81. The van der Waals surface area contributed by atoms with E-state index in [0.29, 0.717) is 0 Å². The van der Waals surface area contributed by atoms with Gasteiger partial charge in [0.2, 0.25) is 0 Å². The van der Waals surface area contributed by atoms with Crippen LogP contribution in [0.3, 0.4) is 0 Å². The maximum absolute atomic E-state index is 9.70. The highest BCUT2D eigenvalue weighted by Gasteiger charge is 1.85. The fraction of sp³-hybridized carbons (Fsp3) is 0.500. The lowest BCUT2D eigenvalue weighted by atomic mass is 10.7. The van der Waals surface area contributed by atoms with Gasteiger partial charge in [-0.2, -0.15) is 0 Å². The molecule has 0 radical (unpaired) electrons. The van der Waals surface area contributed by atoms with Crippen LogP contribution in [0, 0.1) is 5.53 Å². The second-order valence-corrected chi connectivity index (χ2v) is 0.710. The Morgan fingerprint density at radius 1 is 2.00 bits per heavy atom. The van der Waals surface area contributed by atoms with Gasteiger partial charge in [-0.1, -0.05) is 0 Å². The number of rotatable bonds is 1. The standard InChI is InChI=1S/C2H5N3O/c3-1-2(6)5-4/h4H,1,3H2. The van der Waals surface area contributed by atoms with Gasteiger partial charge in [-0.3, -0.25) is 4.79 Å². The van der Waals surface area contributed by atoms with Gasteiger partial charge in [-0.15, -0.1) is 5.11 Å². The van der Waals surface area contributed by atoms with Crippen LogP contribution in [-0.2, 0) is 4.79 Å². The van der Waals surface area contributed by atoms with Crippen LogP contribution in [0.15, 0.2) is 5.11 Å². The van der Waals surface area contributed by atoms with Crippen molar-refractivity contribution in [3.05, 3.63) is 0 Å². The Morgan fingerprint density at radius 3 is 2.50 bits per heavy atom. The van der Waals surface area contributed by atoms with Crippen molar-refractivity contribution in [1.82, 2.24) is 0 Å². The largest absolute Gasteiger partial charge is 0.322 e. The molecule has 4 heteroatoms. The number of nitrogens with two attached hydrogens (primary N) is 1. The summed E-state index contributed by atoms with van der Waals surface area (Å²) in [5.41, 5.74) is 10.7. The van der Waals surface area contributed by atoms with E-state index in [9.17, 15) is 4.79 Å². The number of carbonyl (C=O) groups excluding carboxylic acids is 1. The number of nitrogens with one attached hydrogen (secondary N) is 1. The molecule has 0 saturated heterocycles. The Morgan fingerprint density at radius 2 is 2.50 bits per heavy atom. The number of amides is 1. The quantitative estimate of drug-likeness (QED) is 0.423. The van der Waals surface area contributed by atoms with Crippen molar-refractivity contribution in [3.8, 4) is 0 Å². The lowest BCUT2D eigenvalue weighted by Crippen LogP contribution is -2.09. The summed E-state index contributed by atoms with van der Waals surface area (Å²) < 4.78 is 0. The molecule has 34 valence electrons. The van der Waals surface area contributed by atoms with Gasteiger partial charge in [0, 0.05) is 0 Å². The van der Waals surface area contributed by atoms with Crippen molar-refractivity contribution < 1.29 is 4.79 Å². The molecule has 0 heterocycles. The average Bonchev–Trinajstić information content (AvgIpc) is 1.65. The highest BCUT2D eigenvalue weighted by molar-refractivity contribution is 5.77. The molecule has 6 heavy (non-hydrogen) atoms. The summed E-state index contributed by atoms with van der Waals surface area (Å²) in [6.07, 6.45) is 0. The maximum atomic E-state index is 9.70. The molecule has 1 amide bonds. The normalized spacial score (nSPS) is 7.50. The first kappa shape index (κ1) is 5.23. The lowest BCUT2D eigenvalue weighted by molar-refractivity contribution is -0.117. The number of nitrogens with zero attached hydrogens (tertiary/aromatic N) is 1. The van der Waals surface area contributed by atoms with Crippen LogP contribution >= 0.6 is 0 Å². The van der Waals surface area contributed by atoms with Crippen LogP contribution in [0.5, 0.6) is 0 Å². The summed E-state index contributed by atoms with van der Waals surface area (Å²) in [5.74, 6) is -0.588. The molecule has 0 saturated carbocycles. The molecule has 0 aromatic carbocycles. The molecule has 4 nitrogen and oxygen atoms in total. The highest BCUT2D eigenvalue weighted by atomic mass is 16.1. The molecule has 0 aromatic rings. The third kappa shape index (κ3) is 1.54. The van der Waals surface area contributed by atoms with E-state index in [2.05, 4.69) is 5.11 Å². The van der Waals surface area contributed by atoms with Gasteiger partial charge in [-0.25, -0.2) is 5.53 Å². The average molecular weight is 87.1 g/mol. The third-order valence-electron chi connectivity index (χ3n) is 0.299. The number of carbonyl (C=O) groups is 1. The highest BCUT2D eigenvalue weighted by Crippen LogP contribution is 1.61. The Bertz CT molecular complexity index is 69.2. The zero-order chi connectivity index (χ0) is 4.99. The lowest BCUT2D eigenvalue weighted by Gasteiger charge is -1.74. The van der Waals surface area contributed by atoms with Gasteiger partial charge < -0.3 is 5.73 Å². The molecule has 3 N–H and O–H groups in total. The Balaban J connectivity index is 3.23. The van der Waals surface area contributed by atoms with Crippen molar-refractivity contribution in [3.63, 3.8) is 0 Å². The van der Waals surface area contributed by atoms with Crippen LogP contribution in [0.1, 0.15) is 0 Å². The van der Waals surface area contributed by atoms with Crippen LogP contribution in [0.4, 0.5) is 0 Å². The molecular formula is C2H5N3O. The minimum atomic E-state index is -0.588. The Kier molecular flexibility index (Phi) is 2.15. The summed E-state index contributed by atoms with van der Waals surface area (Å²) in [4.78, 5) is 9.70. The van der Waals surface area contributed by atoms with E-state index in [-0.39, 0.29) is 6.54 Å². The minimum absolute atomic E-state index is 0.163. The number of hydrogen-bond acceptors (Lipinski definition) is 3. The second kappa shape index (κ2) is 2.47. The van der Waals surface area contributed by atoms with Gasteiger partial charge in [0.25, 0.3) is 5.91 Å². The second-order valence-electron chi connectivity index (χ2n) is 0.710. The van der Waals surface area contributed by atoms with Crippen LogP contribution < -0.4 is 5.73 Å². The summed E-state index contributed by atoms with van der Waals surface area (Å²) in [6, 6.07) is 0. The van der Waals surface area contributed by atoms with E-state index in [0.717, 1.165) is 0 Å². The van der Waals surface area contributed by atoms with Gasteiger partial charge in [-0.05, 0) is 0 Å². The number of hydrogen-bond donors (Lipinski definition) is 2. The Labute approximate surface area is 34.8 Å². The van der Waals surface area contributed by atoms with Gasteiger partial charge in [0.05, 0.1) is 6.54 Å². The molecule has 0 unspecified atom stereocenters. The summed E-state index contributed by atoms with van der Waals surface area (Å²) >= 11 is 0. The van der Waals surface area contributed by atoms with Crippen LogP contribution in [0.25, 0.3) is 0 Å². The third-order valence-corrected chi connectivity index (χ3v) is 0.299. The van der Waals surface area contributed by atoms with Crippen LogP contribution in [0.2, 0.25) is 0 Å². The molecule has 0 aliphatic carbocycles. The molecule has 0 bridgehead atoms. The van der Waals surface area contributed by atoms with Crippen LogP contribution in [-0.4, -0.2) is 12.5 Å². The molecule has 0 fully saturated rings. The van der Waals surface area contributed by atoms with E-state index in [1.807, 2.05) is 0 Å². The zero-order valence-electron chi connectivity index (χ0n) is 3.14. The van der Waals surface area contributed by atoms with Gasteiger partial charge in [0.1, 0.15) is 0 Å². The molecule has 0 aromatic heterocycles. The topological polar surface area (TPSA) is 79.3 Å². The zero-order valence-corrected chi connectivity index (χ0v) is 3.14. The van der Waals surface area contributed by atoms with E-state index in [4.69, 9.17) is 11.3 Å². The summed E-state index contributed by atoms with van der Waals surface area (Å²) in [5, 5.41) is 2.49. The predicted octanol–water partition coefficient (Wildman–Crippen LogP) is -0.497. The summed E-state index contributed by atoms with van der Waals surface area (Å²) in [6.45, 7) is -0.163. The monoisotopic (exact) mass is 87.0 g/mol. The molecule has 0 atom stereocenters. The SMILES string of the molecule is N=NC(=O)CN. The van der Waals surface area contributed by atoms with E-state index in [1.165, 1.54) is 0 Å². The summed E-state index contributed by atoms with van der Waals surface area (Å²) in [7, 11) is 0. The van der Waals surface area contributed by atoms with Gasteiger partial charge >= 0.3 is 0 Å². The smallest absolute Gasteiger partial charge is 0.277 e. The molecular weight excluding hydrogens is 82.0 g/mol. The first-order valence-electron chi connectivity index (χ1n) is 1.41. The molecule has 0 rings (SSSR count). The van der Waals surface area contributed by atoms with Crippen molar-refractivity contribution >= 4 is 5.91 Å². The van der Waals surface area contributed by atoms with Crippen molar-refractivity contribution in [1.29, 1.82) is 5.53 Å². The predicted molar refractivity (Wildman–Crippen MR) is 19.2 cm³/mol. The molecule has 0 aliphatic rings. The van der Waals surface area contributed by atoms with Gasteiger partial charge in [0.15, 0.2) is 0 Å².